The van der Waals surface area contributed by atoms with Gasteiger partial charge in [0.15, 0.2) is 0 Å². The average molecular weight is 224 g/mol. The zero-order chi connectivity index (χ0) is 10.1. The monoisotopic (exact) mass is 223 g/mol. The molecule has 0 fully saturated rings. The Morgan fingerprint density at radius 1 is 1.64 bits per heavy atom. The quantitative estimate of drug-likeness (QED) is 0.754. The highest BCUT2D eigenvalue weighted by atomic mass is 35.5. The number of halogens is 1. The topological polar surface area (TPSA) is 33.1 Å². The van der Waals surface area contributed by atoms with Gasteiger partial charge in [-0.05, 0) is 12.1 Å². The van der Waals surface area contributed by atoms with E-state index in [4.69, 9.17) is 18.0 Å². The summed E-state index contributed by atoms with van der Waals surface area (Å²) in [5, 5.41) is 10.1. The maximum atomic E-state index is 9.42. The van der Waals surface area contributed by atoms with Crippen LogP contribution in [0.3, 0.4) is 0 Å². The Morgan fingerprint density at radius 3 is 3.07 bits per heavy atom. The zero-order valence-corrected chi connectivity index (χ0v) is 8.64. The number of hydrogen-bond donors (Lipinski definition) is 1. The van der Waals surface area contributed by atoms with Crippen LogP contribution in [0.25, 0.3) is 10.2 Å². The van der Waals surface area contributed by atoms with Crippen molar-refractivity contribution in [3.05, 3.63) is 28.2 Å². The molecule has 1 atom stereocenters. The molecule has 1 N–H and O–H groups in total. The molecular formula is C10H6ClNOS. The van der Waals surface area contributed by atoms with Crippen molar-refractivity contribution in [1.29, 1.82) is 0 Å². The lowest BCUT2D eigenvalue weighted by Crippen LogP contribution is -1.87. The summed E-state index contributed by atoms with van der Waals surface area (Å²) in [5.41, 5.74) is 0.770. The first-order valence-corrected chi connectivity index (χ1v) is 5.10. The number of fused-ring (bicyclic) bond motifs is 1. The van der Waals surface area contributed by atoms with Crippen LogP contribution in [0.4, 0.5) is 0 Å². The van der Waals surface area contributed by atoms with E-state index in [1.807, 2.05) is 0 Å². The fourth-order valence-electron chi connectivity index (χ4n) is 1.14. The summed E-state index contributed by atoms with van der Waals surface area (Å²) in [6.07, 6.45) is 5.88. The minimum Gasteiger partial charge on any atom is -0.375 e. The van der Waals surface area contributed by atoms with E-state index in [-0.39, 0.29) is 0 Å². The molecule has 0 amide bonds. The van der Waals surface area contributed by atoms with Crippen molar-refractivity contribution < 1.29 is 5.11 Å². The van der Waals surface area contributed by atoms with Crippen molar-refractivity contribution in [3.8, 4) is 12.3 Å². The second-order valence-electron chi connectivity index (χ2n) is 2.73. The number of hydrogen-bond acceptors (Lipinski definition) is 3. The molecule has 0 aliphatic rings. The molecule has 0 radical (unpaired) electrons. The van der Waals surface area contributed by atoms with Gasteiger partial charge in [0.1, 0.15) is 6.10 Å². The van der Waals surface area contributed by atoms with Gasteiger partial charge in [0.05, 0.1) is 15.2 Å². The van der Waals surface area contributed by atoms with Crippen molar-refractivity contribution in [2.24, 2.45) is 0 Å². The summed E-state index contributed by atoms with van der Waals surface area (Å²) in [6, 6.07) is 3.48. The highest BCUT2D eigenvalue weighted by molar-refractivity contribution is 7.19. The fraction of sp³-hybridized carbons (Fsp3) is 0.100. The van der Waals surface area contributed by atoms with Gasteiger partial charge >= 0.3 is 0 Å². The second kappa shape index (κ2) is 3.58. The van der Waals surface area contributed by atoms with E-state index in [9.17, 15) is 5.11 Å². The molecule has 0 aliphatic heterocycles. The van der Waals surface area contributed by atoms with E-state index in [0.29, 0.717) is 9.90 Å². The lowest BCUT2D eigenvalue weighted by atomic mass is 10.3. The summed E-state index contributed by atoms with van der Waals surface area (Å²) < 4.78 is 0.860. The SMILES string of the molecule is C#CC(O)c1cc2nccc(Cl)c2s1. The molecule has 0 spiro atoms. The minimum atomic E-state index is -0.870. The van der Waals surface area contributed by atoms with E-state index >= 15 is 0 Å². The van der Waals surface area contributed by atoms with Crippen molar-refractivity contribution in [1.82, 2.24) is 4.98 Å². The molecule has 0 aliphatic carbocycles. The molecule has 0 saturated heterocycles. The van der Waals surface area contributed by atoms with Crippen molar-refractivity contribution in [2.45, 2.75) is 6.10 Å². The maximum absolute atomic E-state index is 9.42. The molecule has 2 aromatic rings. The van der Waals surface area contributed by atoms with Crippen LogP contribution in [0.1, 0.15) is 11.0 Å². The van der Waals surface area contributed by atoms with E-state index in [2.05, 4.69) is 10.9 Å². The van der Waals surface area contributed by atoms with Crippen LogP contribution in [0.5, 0.6) is 0 Å². The number of aliphatic hydroxyl groups is 1. The largest absolute Gasteiger partial charge is 0.375 e. The summed E-state index contributed by atoms with van der Waals surface area (Å²) >= 11 is 7.33. The second-order valence-corrected chi connectivity index (χ2v) is 4.22. The number of thiophene rings is 1. The lowest BCUT2D eigenvalue weighted by Gasteiger charge is -1.95. The minimum absolute atomic E-state index is 0.635. The average Bonchev–Trinajstić information content (AvgIpc) is 2.62. The molecule has 2 heterocycles. The number of nitrogens with zero attached hydrogens (tertiary/aromatic N) is 1. The summed E-state index contributed by atoms with van der Waals surface area (Å²) in [6.45, 7) is 0. The van der Waals surface area contributed by atoms with Crippen LogP contribution in [-0.4, -0.2) is 10.1 Å². The van der Waals surface area contributed by atoms with Gasteiger partial charge in [0.25, 0.3) is 0 Å². The van der Waals surface area contributed by atoms with Crippen LogP contribution in [0.2, 0.25) is 5.02 Å². The van der Waals surface area contributed by atoms with Gasteiger partial charge in [0, 0.05) is 11.1 Å². The van der Waals surface area contributed by atoms with E-state index in [1.165, 1.54) is 11.3 Å². The Kier molecular flexibility index (Phi) is 2.42. The van der Waals surface area contributed by atoms with Crippen molar-refractivity contribution >= 4 is 33.2 Å². The number of terminal acetylenes is 1. The Labute approximate surface area is 90.2 Å². The standard InChI is InChI=1S/C10H6ClNOS/c1-2-8(13)9-5-7-10(14-9)6(11)3-4-12-7/h1,3-5,8,13H. The third kappa shape index (κ3) is 1.48. The van der Waals surface area contributed by atoms with Gasteiger partial charge in [-0.15, -0.1) is 17.8 Å². The van der Waals surface area contributed by atoms with Crippen LogP contribution >= 0.6 is 22.9 Å². The Morgan fingerprint density at radius 2 is 2.43 bits per heavy atom. The molecule has 1 unspecified atom stereocenters. The Balaban J connectivity index is 2.64. The van der Waals surface area contributed by atoms with Crippen molar-refractivity contribution in [3.63, 3.8) is 0 Å². The van der Waals surface area contributed by atoms with Crippen molar-refractivity contribution in [2.75, 3.05) is 0 Å². The molecule has 70 valence electrons. The fourth-order valence-corrected chi connectivity index (χ4v) is 2.38. The van der Waals surface area contributed by atoms with Crippen LogP contribution in [0.15, 0.2) is 18.3 Å². The molecule has 0 bridgehead atoms. The predicted octanol–water partition coefficient (Wildman–Crippen LogP) is 2.62. The van der Waals surface area contributed by atoms with Gasteiger partial charge in [-0.2, -0.15) is 0 Å². The molecule has 0 aromatic carbocycles. The van der Waals surface area contributed by atoms with E-state index < -0.39 is 6.10 Å². The number of rotatable bonds is 1. The molecular weight excluding hydrogens is 218 g/mol. The number of aromatic nitrogens is 1. The van der Waals surface area contributed by atoms with Gasteiger partial charge in [-0.3, -0.25) is 4.98 Å². The molecule has 0 saturated carbocycles. The molecule has 2 aromatic heterocycles. The van der Waals surface area contributed by atoms with Crippen LogP contribution in [0, 0.1) is 12.3 Å². The highest BCUT2D eigenvalue weighted by Crippen LogP contribution is 2.32. The van der Waals surface area contributed by atoms with Gasteiger partial charge < -0.3 is 5.11 Å². The predicted molar refractivity (Wildman–Crippen MR) is 58.4 cm³/mol. The first kappa shape index (κ1) is 9.47. The smallest absolute Gasteiger partial charge is 0.149 e. The summed E-state index contributed by atoms with van der Waals surface area (Å²) in [7, 11) is 0. The van der Waals surface area contributed by atoms with Gasteiger partial charge in [-0.1, -0.05) is 17.5 Å². The highest BCUT2D eigenvalue weighted by Gasteiger charge is 2.10. The Hall–Kier alpha value is -1.08. The van der Waals surface area contributed by atoms with Gasteiger partial charge in [0.2, 0.25) is 0 Å². The zero-order valence-electron chi connectivity index (χ0n) is 7.07. The summed E-state index contributed by atoms with van der Waals surface area (Å²) in [4.78, 5) is 4.82. The van der Waals surface area contributed by atoms with Crippen LogP contribution in [-0.2, 0) is 0 Å². The molecule has 2 rings (SSSR count). The first-order valence-electron chi connectivity index (χ1n) is 3.90. The number of pyridine rings is 1. The Bertz CT molecular complexity index is 514. The third-order valence-corrected chi connectivity index (χ3v) is 3.45. The maximum Gasteiger partial charge on any atom is 0.149 e. The molecule has 2 nitrogen and oxygen atoms in total. The molecule has 4 heteroatoms. The number of aliphatic hydroxyl groups excluding tert-OH is 1. The first-order chi connectivity index (χ1) is 6.72. The van der Waals surface area contributed by atoms with E-state index in [1.54, 1.807) is 18.3 Å². The lowest BCUT2D eigenvalue weighted by molar-refractivity contribution is 0.242. The van der Waals surface area contributed by atoms with Gasteiger partial charge in [-0.25, -0.2) is 0 Å². The van der Waals surface area contributed by atoms with Crippen LogP contribution < -0.4 is 0 Å². The normalized spacial score (nSPS) is 12.6. The van der Waals surface area contributed by atoms with E-state index in [0.717, 1.165) is 10.2 Å². The third-order valence-electron chi connectivity index (χ3n) is 1.81. The molecule has 14 heavy (non-hydrogen) atoms. The summed E-state index contributed by atoms with van der Waals surface area (Å²) in [5.74, 6) is 2.26.